The van der Waals surface area contributed by atoms with E-state index < -0.39 is 17.6 Å². The molecule has 2 aromatic heterocycles. The standard InChI is InChI=1S/C32H26ClFN4O2S/c1-20-26(34)17-24(32(40)35-21(2)22-9-5-3-6-10-22)18-27(20)36-30(39)16-13-23-19-38(25-11-7-4-8-12-25)37-31(23)28-14-15-29(33)41-28/h3-19,21H,1-2H3,(H,35,40)(H,36,39)/b16-13+. The number of amides is 2. The number of nitrogens with one attached hydrogen (secondary N) is 2. The number of rotatable bonds is 8. The summed E-state index contributed by atoms with van der Waals surface area (Å²) >= 11 is 7.55. The number of carbonyl (C=O) groups is 2. The van der Waals surface area contributed by atoms with Crippen LogP contribution in [0.3, 0.4) is 0 Å². The number of nitrogens with zero attached hydrogens (tertiary/aromatic N) is 2. The maximum absolute atomic E-state index is 14.8. The van der Waals surface area contributed by atoms with Gasteiger partial charge in [-0.1, -0.05) is 60.1 Å². The first-order valence-corrected chi connectivity index (χ1v) is 14.0. The molecule has 0 spiro atoms. The molecule has 0 aliphatic carbocycles. The normalized spacial score (nSPS) is 11.9. The molecule has 5 aromatic rings. The second-order valence-corrected chi connectivity index (χ2v) is 11.1. The van der Waals surface area contributed by atoms with Gasteiger partial charge in [-0.25, -0.2) is 9.07 Å². The smallest absolute Gasteiger partial charge is 0.251 e. The molecule has 2 amide bonds. The minimum Gasteiger partial charge on any atom is -0.346 e. The Morgan fingerprint density at radius 1 is 1.02 bits per heavy atom. The van der Waals surface area contributed by atoms with Crippen molar-refractivity contribution >= 4 is 46.5 Å². The van der Waals surface area contributed by atoms with Crippen LogP contribution >= 0.6 is 22.9 Å². The number of hydrogen-bond donors (Lipinski definition) is 2. The predicted molar refractivity (Wildman–Crippen MR) is 163 cm³/mol. The highest BCUT2D eigenvalue weighted by atomic mass is 35.5. The molecule has 3 aromatic carbocycles. The van der Waals surface area contributed by atoms with Crippen LogP contribution in [0, 0.1) is 12.7 Å². The Hall–Kier alpha value is -4.53. The number of carbonyl (C=O) groups excluding carboxylic acids is 2. The highest BCUT2D eigenvalue weighted by Crippen LogP contribution is 2.33. The Balaban J connectivity index is 1.36. The molecule has 6 nitrogen and oxygen atoms in total. The fraction of sp³-hybridized carbons (Fsp3) is 0.0938. The molecular weight excluding hydrogens is 559 g/mol. The first-order valence-electron chi connectivity index (χ1n) is 12.8. The van der Waals surface area contributed by atoms with Crippen molar-refractivity contribution in [1.82, 2.24) is 15.1 Å². The summed E-state index contributed by atoms with van der Waals surface area (Å²) in [5, 5.41) is 10.3. The van der Waals surface area contributed by atoms with Crippen LogP contribution in [-0.2, 0) is 4.79 Å². The summed E-state index contributed by atoms with van der Waals surface area (Å²) in [5.41, 5.74) is 3.70. The van der Waals surface area contributed by atoms with Gasteiger partial charge in [0.15, 0.2) is 0 Å². The number of aromatic nitrogens is 2. The minimum absolute atomic E-state index is 0.108. The Morgan fingerprint density at radius 2 is 1.73 bits per heavy atom. The summed E-state index contributed by atoms with van der Waals surface area (Å²) in [6.45, 7) is 3.40. The lowest BCUT2D eigenvalue weighted by atomic mass is 10.1. The van der Waals surface area contributed by atoms with Gasteiger partial charge in [0.2, 0.25) is 5.91 Å². The van der Waals surface area contributed by atoms with Gasteiger partial charge in [-0.2, -0.15) is 5.10 Å². The third kappa shape index (κ3) is 6.62. The van der Waals surface area contributed by atoms with Gasteiger partial charge < -0.3 is 10.6 Å². The molecule has 41 heavy (non-hydrogen) atoms. The van der Waals surface area contributed by atoms with Crippen LogP contribution in [0.4, 0.5) is 10.1 Å². The lowest BCUT2D eigenvalue weighted by Crippen LogP contribution is -2.27. The van der Waals surface area contributed by atoms with Crippen molar-refractivity contribution in [3.8, 4) is 16.3 Å². The van der Waals surface area contributed by atoms with Gasteiger partial charge in [0.1, 0.15) is 11.5 Å². The first kappa shape index (κ1) is 28.0. The number of hydrogen-bond acceptors (Lipinski definition) is 4. The zero-order valence-electron chi connectivity index (χ0n) is 22.3. The summed E-state index contributed by atoms with van der Waals surface area (Å²) in [6.07, 6.45) is 4.83. The highest BCUT2D eigenvalue weighted by Gasteiger charge is 2.17. The lowest BCUT2D eigenvalue weighted by molar-refractivity contribution is -0.111. The maximum atomic E-state index is 14.8. The molecule has 0 bridgehead atoms. The van der Waals surface area contributed by atoms with Crippen molar-refractivity contribution in [2.24, 2.45) is 0 Å². The number of anilines is 1. The zero-order chi connectivity index (χ0) is 28.9. The van der Waals surface area contributed by atoms with E-state index in [9.17, 15) is 14.0 Å². The summed E-state index contributed by atoms with van der Waals surface area (Å²) in [5.74, 6) is -1.52. The minimum atomic E-state index is -0.592. The molecule has 2 heterocycles. The summed E-state index contributed by atoms with van der Waals surface area (Å²) in [6, 6.07) is 25.1. The number of para-hydroxylation sites is 1. The molecule has 0 saturated heterocycles. The Morgan fingerprint density at radius 3 is 2.41 bits per heavy atom. The third-order valence-corrected chi connectivity index (χ3v) is 7.73. The number of benzene rings is 3. The summed E-state index contributed by atoms with van der Waals surface area (Å²) < 4.78 is 17.2. The van der Waals surface area contributed by atoms with E-state index in [1.54, 1.807) is 23.7 Å². The zero-order valence-corrected chi connectivity index (χ0v) is 23.8. The molecule has 0 saturated carbocycles. The van der Waals surface area contributed by atoms with Crippen LogP contribution in [0.15, 0.2) is 97.2 Å². The van der Waals surface area contributed by atoms with E-state index >= 15 is 0 Å². The average Bonchev–Trinajstić information content (AvgIpc) is 3.61. The van der Waals surface area contributed by atoms with Crippen LogP contribution in [0.5, 0.6) is 0 Å². The molecule has 9 heteroatoms. The van der Waals surface area contributed by atoms with Crippen LogP contribution in [-0.4, -0.2) is 21.6 Å². The fourth-order valence-corrected chi connectivity index (χ4v) is 5.29. The number of halogens is 2. The maximum Gasteiger partial charge on any atom is 0.251 e. The topological polar surface area (TPSA) is 76.0 Å². The highest BCUT2D eigenvalue weighted by molar-refractivity contribution is 7.19. The summed E-state index contributed by atoms with van der Waals surface area (Å²) in [4.78, 5) is 26.7. The monoisotopic (exact) mass is 584 g/mol. The molecule has 0 radical (unpaired) electrons. The third-order valence-electron chi connectivity index (χ3n) is 6.50. The SMILES string of the molecule is Cc1c(F)cc(C(=O)NC(C)c2ccccc2)cc1NC(=O)/C=C/c1cn(-c2ccccc2)nc1-c1ccc(Cl)s1. The van der Waals surface area contributed by atoms with E-state index in [1.165, 1.54) is 29.5 Å². The van der Waals surface area contributed by atoms with Gasteiger partial charge >= 0.3 is 0 Å². The molecule has 206 valence electrons. The van der Waals surface area contributed by atoms with Gasteiger partial charge in [-0.3, -0.25) is 9.59 Å². The van der Waals surface area contributed by atoms with Crippen molar-refractivity contribution in [2.45, 2.75) is 19.9 Å². The molecule has 0 aliphatic heterocycles. The van der Waals surface area contributed by atoms with Crippen LogP contribution in [0.25, 0.3) is 22.3 Å². The van der Waals surface area contributed by atoms with Crippen LogP contribution < -0.4 is 10.6 Å². The van der Waals surface area contributed by atoms with E-state index in [4.69, 9.17) is 16.7 Å². The first-order chi connectivity index (χ1) is 19.8. The molecule has 0 aliphatic rings. The second-order valence-electron chi connectivity index (χ2n) is 9.38. The van der Waals surface area contributed by atoms with Gasteiger partial charge in [-0.15, -0.1) is 11.3 Å². The van der Waals surface area contributed by atoms with Crippen molar-refractivity contribution in [2.75, 3.05) is 5.32 Å². The number of thiophene rings is 1. The molecule has 1 unspecified atom stereocenters. The van der Waals surface area contributed by atoms with Gasteiger partial charge in [0, 0.05) is 34.7 Å². The average molecular weight is 585 g/mol. The van der Waals surface area contributed by atoms with Gasteiger partial charge in [0.05, 0.1) is 20.9 Å². The van der Waals surface area contributed by atoms with E-state index in [1.807, 2.05) is 79.9 Å². The van der Waals surface area contributed by atoms with Crippen LogP contribution in [0.1, 0.15) is 40.0 Å². The van der Waals surface area contributed by atoms with E-state index in [2.05, 4.69) is 10.6 Å². The van der Waals surface area contributed by atoms with Crippen molar-refractivity contribution in [3.05, 3.63) is 130 Å². The molecule has 0 fully saturated rings. The van der Waals surface area contributed by atoms with E-state index in [-0.39, 0.29) is 22.9 Å². The van der Waals surface area contributed by atoms with Gasteiger partial charge in [-0.05, 0) is 61.9 Å². The van der Waals surface area contributed by atoms with Gasteiger partial charge in [0.25, 0.3) is 5.91 Å². The van der Waals surface area contributed by atoms with Crippen molar-refractivity contribution in [3.63, 3.8) is 0 Å². The summed E-state index contributed by atoms with van der Waals surface area (Å²) in [7, 11) is 0. The molecule has 2 N–H and O–H groups in total. The Labute approximate surface area is 246 Å². The molecular formula is C32H26ClFN4O2S. The second kappa shape index (κ2) is 12.3. The largest absolute Gasteiger partial charge is 0.346 e. The van der Waals surface area contributed by atoms with Crippen molar-refractivity contribution in [1.29, 1.82) is 0 Å². The lowest BCUT2D eigenvalue weighted by Gasteiger charge is -2.16. The Kier molecular flexibility index (Phi) is 8.42. The fourth-order valence-electron chi connectivity index (χ4n) is 4.24. The Bertz CT molecular complexity index is 1730. The molecule has 5 rings (SSSR count). The van der Waals surface area contributed by atoms with E-state index in [0.29, 0.717) is 15.6 Å². The van der Waals surface area contributed by atoms with Crippen molar-refractivity contribution < 1.29 is 14.0 Å². The quantitative estimate of drug-likeness (QED) is 0.182. The molecule has 1 atom stereocenters. The van der Waals surface area contributed by atoms with Crippen LogP contribution in [0.2, 0.25) is 4.34 Å². The predicted octanol–water partition coefficient (Wildman–Crippen LogP) is 7.84. The van der Waals surface area contributed by atoms with E-state index in [0.717, 1.165) is 16.1 Å².